The Balaban J connectivity index is 1.88. The zero-order valence-electron chi connectivity index (χ0n) is 11.9. The van der Waals surface area contributed by atoms with Crippen LogP contribution in [0.5, 0.6) is 0 Å². The van der Waals surface area contributed by atoms with Crippen molar-refractivity contribution >= 4 is 27.4 Å². The minimum Gasteiger partial charge on any atom is -0.477 e. The molecule has 0 spiro atoms. The number of rotatable bonds is 5. The highest BCUT2D eigenvalue weighted by Gasteiger charge is 2.31. The summed E-state index contributed by atoms with van der Waals surface area (Å²) in [7, 11) is 0. The number of halogens is 1. The zero-order chi connectivity index (χ0) is 15.0. The number of thiophene rings is 1. The molecule has 3 nitrogen and oxygen atoms in total. The summed E-state index contributed by atoms with van der Waals surface area (Å²) in [5, 5.41) is 13.1. The van der Waals surface area contributed by atoms with Crippen LogP contribution in [-0.4, -0.2) is 17.6 Å². The predicted molar refractivity (Wildman–Crippen MR) is 82.4 cm³/mol. The number of carboxylic acid groups (broad SMARTS) is 1. The average Bonchev–Trinajstić information content (AvgIpc) is 2.77. The number of nitrogens with one attached hydrogen (secondary N) is 1. The van der Waals surface area contributed by atoms with Crippen molar-refractivity contribution in [1.82, 2.24) is 5.32 Å². The van der Waals surface area contributed by atoms with Gasteiger partial charge in [0.2, 0.25) is 0 Å². The van der Waals surface area contributed by atoms with Crippen molar-refractivity contribution in [1.29, 1.82) is 0 Å². The van der Waals surface area contributed by atoms with E-state index >= 15 is 0 Å². The van der Waals surface area contributed by atoms with Gasteiger partial charge in [-0.3, -0.25) is 0 Å². The third-order valence-electron chi connectivity index (χ3n) is 4.37. The molecule has 1 saturated carbocycles. The van der Waals surface area contributed by atoms with E-state index in [1.807, 2.05) is 0 Å². The number of fused-ring (bicyclic) bond motifs is 1. The lowest BCUT2D eigenvalue weighted by Gasteiger charge is -2.38. The lowest BCUT2D eigenvalue weighted by atomic mass is 9.70. The molecular weight excluding hydrogens is 289 g/mol. The third kappa shape index (κ3) is 2.68. The first-order valence-electron chi connectivity index (χ1n) is 7.14. The van der Waals surface area contributed by atoms with Gasteiger partial charge in [0.05, 0.1) is 0 Å². The molecule has 5 heteroatoms. The molecule has 0 amide bonds. The number of hydrogen-bond acceptors (Lipinski definition) is 3. The maximum absolute atomic E-state index is 14.0. The van der Waals surface area contributed by atoms with Gasteiger partial charge in [-0.1, -0.05) is 19.4 Å². The first-order chi connectivity index (χ1) is 10.0. The summed E-state index contributed by atoms with van der Waals surface area (Å²) in [4.78, 5) is 11.6. The van der Waals surface area contributed by atoms with Crippen LogP contribution in [0.4, 0.5) is 4.39 Å². The van der Waals surface area contributed by atoms with E-state index in [1.54, 1.807) is 12.1 Å². The minimum atomic E-state index is -0.984. The van der Waals surface area contributed by atoms with Gasteiger partial charge in [0.1, 0.15) is 10.7 Å². The summed E-state index contributed by atoms with van der Waals surface area (Å²) in [5.41, 5.74) is 0.886. The Morgan fingerprint density at radius 1 is 1.48 bits per heavy atom. The highest BCUT2D eigenvalue weighted by Crippen LogP contribution is 2.40. The quantitative estimate of drug-likeness (QED) is 0.877. The molecule has 0 saturated heterocycles. The van der Waals surface area contributed by atoms with E-state index in [-0.39, 0.29) is 10.7 Å². The Labute approximate surface area is 126 Å². The average molecular weight is 307 g/mol. The maximum Gasteiger partial charge on any atom is 0.346 e. The Kier molecular flexibility index (Phi) is 3.71. The van der Waals surface area contributed by atoms with Crippen molar-refractivity contribution in [3.8, 4) is 0 Å². The van der Waals surface area contributed by atoms with Crippen LogP contribution in [0.15, 0.2) is 18.2 Å². The van der Waals surface area contributed by atoms with E-state index in [0.29, 0.717) is 27.6 Å². The second-order valence-corrected chi connectivity index (χ2v) is 7.15. The number of benzene rings is 1. The van der Waals surface area contributed by atoms with Gasteiger partial charge in [-0.2, -0.15) is 0 Å². The van der Waals surface area contributed by atoms with Gasteiger partial charge in [0.15, 0.2) is 0 Å². The van der Waals surface area contributed by atoms with Crippen LogP contribution in [0.1, 0.15) is 41.4 Å². The molecule has 21 heavy (non-hydrogen) atoms. The Bertz CT molecular complexity index is 691. The van der Waals surface area contributed by atoms with E-state index < -0.39 is 5.97 Å². The van der Waals surface area contributed by atoms with Crippen molar-refractivity contribution in [2.75, 3.05) is 6.54 Å². The predicted octanol–water partition coefficient (Wildman–Crippen LogP) is 4.02. The van der Waals surface area contributed by atoms with Crippen LogP contribution in [0.3, 0.4) is 0 Å². The molecule has 2 aromatic rings. The summed E-state index contributed by atoms with van der Waals surface area (Å²) in [6.07, 6.45) is 3.66. The molecule has 0 bridgehead atoms. The summed E-state index contributed by atoms with van der Waals surface area (Å²) in [6.45, 7) is 3.48. The number of carboxylic acids is 1. The van der Waals surface area contributed by atoms with Crippen molar-refractivity contribution in [2.45, 2.75) is 32.7 Å². The van der Waals surface area contributed by atoms with Gasteiger partial charge in [0, 0.05) is 28.7 Å². The molecule has 1 heterocycles. The fourth-order valence-corrected chi connectivity index (χ4v) is 4.03. The molecule has 1 aliphatic carbocycles. The molecule has 1 aromatic carbocycles. The van der Waals surface area contributed by atoms with Gasteiger partial charge >= 0.3 is 5.97 Å². The van der Waals surface area contributed by atoms with Crippen LogP contribution in [0, 0.1) is 11.2 Å². The molecule has 1 fully saturated rings. The van der Waals surface area contributed by atoms with Gasteiger partial charge in [-0.25, -0.2) is 9.18 Å². The van der Waals surface area contributed by atoms with E-state index in [2.05, 4.69) is 12.2 Å². The Morgan fingerprint density at radius 3 is 2.86 bits per heavy atom. The maximum atomic E-state index is 14.0. The second-order valence-electron chi connectivity index (χ2n) is 6.10. The van der Waals surface area contributed by atoms with E-state index in [4.69, 9.17) is 0 Å². The second kappa shape index (κ2) is 5.39. The molecule has 1 aromatic heterocycles. The lowest BCUT2D eigenvalue weighted by Crippen LogP contribution is -2.37. The van der Waals surface area contributed by atoms with E-state index in [1.165, 1.54) is 25.3 Å². The van der Waals surface area contributed by atoms with Gasteiger partial charge in [-0.15, -0.1) is 11.3 Å². The molecule has 112 valence electrons. The lowest BCUT2D eigenvalue weighted by molar-refractivity contribution is 0.0701. The van der Waals surface area contributed by atoms with Crippen molar-refractivity contribution in [3.63, 3.8) is 0 Å². The fraction of sp³-hybridized carbons (Fsp3) is 0.438. The minimum absolute atomic E-state index is 0.237. The Morgan fingerprint density at radius 2 is 2.24 bits per heavy atom. The van der Waals surface area contributed by atoms with Crippen LogP contribution in [-0.2, 0) is 6.54 Å². The summed E-state index contributed by atoms with van der Waals surface area (Å²) in [6, 6.07) is 4.77. The molecule has 2 N–H and O–H groups in total. The van der Waals surface area contributed by atoms with Crippen LogP contribution >= 0.6 is 11.3 Å². The highest BCUT2D eigenvalue weighted by molar-refractivity contribution is 7.21. The van der Waals surface area contributed by atoms with Crippen molar-refractivity contribution < 1.29 is 14.3 Å². The van der Waals surface area contributed by atoms with Crippen LogP contribution in [0.25, 0.3) is 10.1 Å². The van der Waals surface area contributed by atoms with Crippen LogP contribution < -0.4 is 5.32 Å². The van der Waals surface area contributed by atoms with Crippen LogP contribution in [0.2, 0.25) is 0 Å². The van der Waals surface area contributed by atoms with Crippen molar-refractivity contribution in [2.24, 2.45) is 5.41 Å². The molecule has 3 rings (SSSR count). The fourth-order valence-electron chi connectivity index (χ4n) is 2.96. The summed E-state index contributed by atoms with van der Waals surface area (Å²) >= 11 is 1.14. The molecule has 0 unspecified atom stereocenters. The summed E-state index contributed by atoms with van der Waals surface area (Å²) < 4.78 is 14.7. The SMILES string of the molecule is CC1(CNCc2c(C(=O)O)sc3cccc(F)c23)CCC1. The smallest absolute Gasteiger partial charge is 0.346 e. The highest BCUT2D eigenvalue weighted by atomic mass is 32.1. The standard InChI is InChI=1S/C16H18FNO2S/c1-16(6-3-7-16)9-18-8-10-13-11(17)4-2-5-12(13)21-14(10)15(19)20/h2,4-5,18H,3,6-9H2,1H3,(H,19,20). The molecule has 1 aliphatic rings. The number of aromatic carboxylic acids is 1. The first kappa shape index (κ1) is 14.5. The van der Waals surface area contributed by atoms with E-state index in [9.17, 15) is 14.3 Å². The van der Waals surface area contributed by atoms with E-state index in [0.717, 1.165) is 17.9 Å². The monoisotopic (exact) mass is 307 g/mol. The van der Waals surface area contributed by atoms with Gasteiger partial charge in [0.25, 0.3) is 0 Å². The summed E-state index contributed by atoms with van der Waals surface area (Å²) in [5.74, 6) is -1.33. The molecule has 0 atom stereocenters. The third-order valence-corrected chi connectivity index (χ3v) is 5.56. The van der Waals surface area contributed by atoms with Crippen molar-refractivity contribution in [3.05, 3.63) is 34.5 Å². The largest absolute Gasteiger partial charge is 0.477 e. The Hall–Kier alpha value is -1.46. The molecular formula is C16H18FNO2S. The zero-order valence-corrected chi connectivity index (χ0v) is 12.7. The van der Waals surface area contributed by atoms with Gasteiger partial charge < -0.3 is 10.4 Å². The molecule has 0 aliphatic heterocycles. The van der Waals surface area contributed by atoms with Gasteiger partial charge in [-0.05, 0) is 30.4 Å². The number of hydrogen-bond donors (Lipinski definition) is 2. The normalized spacial score (nSPS) is 16.9. The number of carbonyl (C=O) groups is 1. The molecule has 0 radical (unpaired) electrons. The first-order valence-corrected chi connectivity index (χ1v) is 7.96. The topological polar surface area (TPSA) is 49.3 Å².